The summed E-state index contributed by atoms with van der Waals surface area (Å²) < 4.78 is 5.30. The summed E-state index contributed by atoms with van der Waals surface area (Å²) >= 11 is 0. The fraction of sp³-hybridized carbons (Fsp3) is 0.214. The van der Waals surface area contributed by atoms with Crippen molar-refractivity contribution in [3.8, 4) is 0 Å². The van der Waals surface area contributed by atoms with Crippen molar-refractivity contribution in [2.24, 2.45) is 5.10 Å². The minimum absolute atomic E-state index is 0.147. The average molecular weight is 473 g/mol. The Kier molecular flexibility index (Phi) is 9.03. The molecule has 3 N–H and O–H groups in total. The standard InChI is InChI=1S/C28H33N5O2/c1-6-35-28(34)27(21(2)32(4)26-15-11-10-14-25(26)29-3)31-33(5)24-18-16-23(17-19-24)30-20-22-12-8-7-9-13-22/h7-19,29-30H,2,6,20H2,1,3-5H3/p+1/b31-27-. The van der Waals surface area contributed by atoms with Crippen molar-refractivity contribution >= 4 is 34.4 Å². The predicted octanol–water partition coefficient (Wildman–Crippen LogP) is 4.13. The number of nitrogens with one attached hydrogen (secondary N) is 1. The number of carbonyl (C=O) groups excluding carboxylic acids is 1. The number of nitrogens with zero attached hydrogens (tertiary/aromatic N) is 3. The van der Waals surface area contributed by atoms with Crippen molar-refractivity contribution in [1.29, 1.82) is 0 Å². The number of nitrogens with two attached hydrogens (primary N) is 1. The monoisotopic (exact) mass is 472 g/mol. The van der Waals surface area contributed by atoms with Crippen LogP contribution >= 0.6 is 0 Å². The number of carbonyl (C=O) groups is 1. The molecule has 0 aliphatic carbocycles. The first kappa shape index (κ1) is 25.5. The maximum absolute atomic E-state index is 12.8. The Balaban J connectivity index is 1.79. The van der Waals surface area contributed by atoms with Gasteiger partial charge in [0, 0.05) is 32.4 Å². The van der Waals surface area contributed by atoms with E-state index in [4.69, 9.17) is 4.74 Å². The molecule has 7 heteroatoms. The second-order valence-corrected chi connectivity index (χ2v) is 7.93. The summed E-state index contributed by atoms with van der Waals surface area (Å²) in [6.07, 6.45) is 0. The number of rotatable bonds is 11. The fourth-order valence-electron chi connectivity index (χ4n) is 3.56. The smallest absolute Gasteiger partial charge is 0.360 e. The molecule has 0 aliphatic rings. The molecule has 0 saturated carbocycles. The molecule has 3 aromatic rings. The second kappa shape index (κ2) is 12.4. The molecule has 0 radical (unpaired) electrons. The van der Waals surface area contributed by atoms with Gasteiger partial charge in [0.2, 0.25) is 0 Å². The van der Waals surface area contributed by atoms with Crippen LogP contribution < -0.4 is 20.5 Å². The number of ether oxygens (including phenoxy) is 1. The average Bonchev–Trinajstić information content (AvgIpc) is 2.90. The molecule has 0 heterocycles. The molecule has 7 nitrogen and oxygen atoms in total. The van der Waals surface area contributed by atoms with Gasteiger partial charge >= 0.3 is 5.97 Å². The Morgan fingerprint density at radius 3 is 2.31 bits per heavy atom. The molecule has 182 valence electrons. The van der Waals surface area contributed by atoms with Crippen molar-refractivity contribution in [3.05, 3.63) is 96.7 Å². The lowest BCUT2D eigenvalue weighted by Gasteiger charge is -2.24. The molecule has 0 aliphatic heterocycles. The lowest BCUT2D eigenvalue weighted by Crippen LogP contribution is -2.73. The van der Waals surface area contributed by atoms with Gasteiger partial charge < -0.3 is 20.3 Å². The van der Waals surface area contributed by atoms with Gasteiger partial charge in [-0.2, -0.15) is 5.10 Å². The molecule has 0 unspecified atom stereocenters. The van der Waals surface area contributed by atoms with Crippen molar-refractivity contribution in [3.63, 3.8) is 0 Å². The Hall–Kier alpha value is -4.10. The van der Waals surface area contributed by atoms with E-state index in [1.165, 1.54) is 5.56 Å². The van der Waals surface area contributed by atoms with Crippen LogP contribution in [0.25, 0.3) is 0 Å². The van der Waals surface area contributed by atoms with Crippen LogP contribution in [-0.2, 0) is 16.1 Å². The van der Waals surface area contributed by atoms with Crippen molar-refractivity contribution < 1.29 is 14.8 Å². The molecule has 0 spiro atoms. The number of quaternary nitrogens is 1. The summed E-state index contributed by atoms with van der Waals surface area (Å²) in [4.78, 5) is 14.7. The summed E-state index contributed by atoms with van der Waals surface area (Å²) in [5.74, 6) is -0.518. The van der Waals surface area contributed by atoms with Crippen LogP contribution in [0.4, 0.5) is 22.7 Å². The summed E-state index contributed by atoms with van der Waals surface area (Å²) in [5, 5.41) is 11.7. The Labute approximate surface area is 207 Å². The number of hydrogen-bond donors (Lipinski definition) is 2. The van der Waals surface area contributed by atoms with Crippen molar-refractivity contribution in [2.45, 2.75) is 13.5 Å². The van der Waals surface area contributed by atoms with Gasteiger partial charge in [0.1, 0.15) is 5.69 Å². The van der Waals surface area contributed by atoms with Gasteiger partial charge in [0.05, 0.1) is 25.0 Å². The summed E-state index contributed by atoms with van der Waals surface area (Å²) in [5.41, 5.74) is 5.59. The Morgan fingerprint density at radius 1 is 1.00 bits per heavy atom. The van der Waals surface area contributed by atoms with Gasteiger partial charge in [0.15, 0.2) is 11.4 Å². The molecule has 0 aromatic heterocycles. The summed E-state index contributed by atoms with van der Waals surface area (Å²) in [6.45, 7) is 6.93. The zero-order chi connectivity index (χ0) is 25.2. The van der Waals surface area contributed by atoms with Gasteiger partial charge in [0.25, 0.3) is 0 Å². The van der Waals surface area contributed by atoms with Crippen LogP contribution in [0.1, 0.15) is 12.5 Å². The Morgan fingerprint density at radius 2 is 1.66 bits per heavy atom. The van der Waals surface area contributed by atoms with E-state index in [9.17, 15) is 4.79 Å². The predicted molar refractivity (Wildman–Crippen MR) is 144 cm³/mol. The third-order valence-corrected chi connectivity index (χ3v) is 5.59. The number of hydrogen-bond acceptors (Lipinski definition) is 6. The van der Waals surface area contributed by atoms with E-state index in [2.05, 4.69) is 29.1 Å². The first-order valence-corrected chi connectivity index (χ1v) is 11.6. The van der Waals surface area contributed by atoms with Gasteiger partial charge in [-0.15, -0.1) is 0 Å². The van der Waals surface area contributed by atoms with Crippen LogP contribution in [0.3, 0.4) is 0 Å². The molecule has 35 heavy (non-hydrogen) atoms. The van der Waals surface area contributed by atoms with Gasteiger partial charge in [-0.05, 0) is 42.8 Å². The third kappa shape index (κ3) is 6.71. The molecule has 0 atom stereocenters. The van der Waals surface area contributed by atoms with Gasteiger partial charge in [-0.3, -0.25) is 5.01 Å². The highest BCUT2D eigenvalue weighted by molar-refractivity contribution is 6.44. The van der Waals surface area contributed by atoms with Gasteiger partial charge in [-0.25, -0.2) is 4.79 Å². The van der Waals surface area contributed by atoms with Crippen LogP contribution in [0, 0.1) is 0 Å². The van der Waals surface area contributed by atoms with Crippen LogP contribution in [-0.4, -0.2) is 39.4 Å². The maximum Gasteiger partial charge on any atom is 0.360 e. The second-order valence-electron chi connectivity index (χ2n) is 7.93. The molecule has 0 fully saturated rings. The maximum atomic E-state index is 12.8. The molecule has 0 amide bonds. The van der Waals surface area contributed by atoms with E-state index in [0.717, 1.165) is 29.3 Å². The number of hydrazone groups is 1. The number of esters is 1. The van der Waals surface area contributed by atoms with E-state index >= 15 is 0 Å². The first-order valence-electron chi connectivity index (χ1n) is 11.6. The fourth-order valence-corrected chi connectivity index (χ4v) is 3.56. The van der Waals surface area contributed by atoms with E-state index in [1.807, 2.05) is 91.0 Å². The minimum Gasteiger partial charge on any atom is -0.461 e. The first-order chi connectivity index (χ1) is 16.9. The quantitative estimate of drug-likeness (QED) is 0.190. The Bertz CT molecular complexity index is 1160. The topological polar surface area (TPSA) is 73.8 Å². The zero-order valence-corrected chi connectivity index (χ0v) is 20.9. The molecular formula is C28H34N5O2+. The largest absolute Gasteiger partial charge is 0.461 e. The zero-order valence-electron chi connectivity index (χ0n) is 20.9. The summed E-state index contributed by atoms with van der Waals surface area (Å²) in [7, 11) is 5.64. The van der Waals surface area contributed by atoms with Crippen LogP contribution in [0.2, 0.25) is 0 Å². The number of benzene rings is 3. The summed E-state index contributed by atoms with van der Waals surface area (Å²) in [6, 6.07) is 26.0. The van der Waals surface area contributed by atoms with E-state index in [-0.39, 0.29) is 12.3 Å². The van der Waals surface area contributed by atoms with Crippen LogP contribution in [0.15, 0.2) is 96.2 Å². The normalized spacial score (nSPS) is 11.0. The highest BCUT2D eigenvalue weighted by Gasteiger charge is 2.23. The molecule has 3 aromatic carbocycles. The van der Waals surface area contributed by atoms with Crippen molar-refractivity contribution in [1.82, 2.24) is 0 Å². The minimum atomic E-state index is -0.518. The third-order valence-electron chi connectivity index (χ3n) is 5.59. The molecular weight excluding hydrogens is 438 g/mol. The highest BCUT2D eigenvalue weighted by atomic mass is 16.5. The number of anilines is 3. The lowest BCUT2D eigenvalue weighted by atomic mass is 10.2. The molecule has 3 rings (SSSR count). The molecule has 0 bridgehead atoms. The lowest BCUT2D eigenvalue weighted by molar-refractivity contribution is -0.538. The molecule has 0 saturated heterocycles. The van der Waals surface area contributed by atoms with Gasteiger partial charge in [-0.1, -0.05) is 49.0 Å². The van der Waals surface area contributed by atoms with E-state index in [0.29, 0.717) is 5.70 Å². The number of para-hydroxylation sites is 2. The van der Waals surface area contributed by atoms with Crippen molar-refractivity contribution in [2.75, 3.05) is 43.0 Å². The highest BCUT2D eigenvalue weighted by Crippen LogP contribution is 2.25. The van der Waals surface area contributed by atoms with Crippen LogP contribution in [0.5, 0.6) is 0 Å². The SMILES string of the molecule is C=C(/C(=N/N(C)c1ccc(NCc2ccccc2)cc1)C(=O)OCC)N(C)c1ccccc1[NH2+]C. The van der Waals surface area contributed by atoms with E-state index < -0.39 is 5.97 Å². The van der Waals surface area contributed by atoms with E-state index in [1.54, 1.807) is 19.0 Å².